The van der Waals surface area contributed by atoms with E-state index in [9.17, 15) is 9.90 Å². The fraction of sp³-hybridized carbons (Fsp3) is 0.381. The maximum absolute atomic E-state index is 12.9. The Balaban J connectivity index is 1.72. The van der Waals surface area contributed by atoms with Crippen LogP contribution < -0.4 is 4.90 Å². The number of amides is 1. The van der Waals surface area contributed by atoms with E-state index in [1.807, 2.05) is 37.3 Å². The summed E-state index contributed by atoms with van der Waals surface area (Å²) in [6.45, 7) is 6.97. The third-order valence-corrected chi connectivity index (χ3v) is 5.06. The minimum absolute atomic E-state index is 0.0755. The molecule has 2 aromatic rings. The van der Waals surface area contributed by atoms with Crippen molar-refractivity contribution in [2.75, 3.05) is 45.2 Å². The molecule has 0 aromatic heterocycles. The summed E-state index contributed by atoms with van der Waals surface area (Å²) in [6.07, 6.45) is 0. The summed E-state index contributed by atoms with van der Waals surface area (Å²) in [4.78, 5) is 19.2. The Morgan fingerprint density at radius 2 is 1.85 bits per heavy atom. The van der Waals surface area contributed by atoms with Crippen LogP contribution in [0.3, 0.4) is 0 Å². The maximum atomic E-state index is 12.9. The van der Waals surface area contributed by atoms with Crippen molar-refractivity contribution in [3.8, 4) is 5.75 Å². The Labute approximate surface area is 155 Å². The van der Waals surface area contributed by atoms with E-state index < -0.39 is 0 Å². The number of piperazine rings is 1. The number of hydrogen-bond donors (Lipinski definition) is 1. The van der Waals surface area contributed by atoms with Gasteiger partial charge in [0.05, 0.1) is 0 Å². The van der Waals surface area contributed by atoms with E-state index in [-0.39, 0.29) is 11.7 Å². The number of aryl methyl sites for hydroxylation is 1. The fourth-order valence-electron chi connectivity index (χ4n) is 3.18. The second-order valence-electron chi connectivity index (χ2n) is 7.11. The van der Waals surface area contributed by atoms with Crippen LogP contribution >= 0.6 is 0 Å². The third-order valence-electron chi connectivity index (χ3n) is 5.06. The molecule has 5 heteroatoms. The molecule has 138 valence electrons. The van der Waals surface area contributed by atoms with E-state index in [4.69, 9.17) is 0 Å². The number of likely N-dealkylation sites (N-methyl/N-ethyl adjacent to an activating group) is 1. The average Bonchev–Trinajstić information content (AvgIpc) is 2.65. The van der Waals surface area contributed by atoms with Crippen molar-refractivity contribution in [1.29, 1.82) is 0 Å². The van der Waals surface area contributed by atoms with Gasteiger partial charge in [0, 0.05) is 57.1 Å². The minimum Gasteiger partial charge on any atom is -0.508 e. The van der Waals surface area contributed by atoms with Crippen molar-refractivity contribution in [3.05, 3.63) is 59.2 Å². The molecule has 26 heavy (non-hydrogen) atoms. The lowest BCUT2D eigenvalue weighted by Crippen LogP contribution is -2.43. The number of rotatable bonds is 4. The van der Waals surface area contributed by atoms with Gasteiger partial charge < -0.3 is 14.9 Å². The highest BCUT2D eigenvalue weighted by Crippen LogP contribution is 2.24. The van der Waals surface area contributed by atoms with Crippen molar-refractivity contribution in [1.82, 2.24) is 9.80 Å². The zero-order chi connectivity index (χ0) is 18.7. The van der Waals surface area contributed by atoms with Crippen LogP contribution in [0.25, 0.3) is 0 Å². The first-order valence-electron chi connectivity index (χ1n) is 9.01. The first kappa shape index (κ1) is 18.4. The van der Waals surface area contributed by atoms with Crippen LogP contribution in [0.5, 0.6) is 5.75 Å². The number of benzene rings is 2. The number of anilines is 1. The lowest BCUT2D eigenvalue weighted by molar-refractivity contribution is 0.0992. The molecule has 1 fully saturated rings. The highest BCUT2D eigenvalue weighted by atomic mass is 16.3. The number of phenolic OH excluding ortho intramolecular Hbond substituents is 1. The molecule has 3 rings (SSSR count). The smallest absolute Gasteiger partial charge is 0.258 e. The monoisotopic (exact) mass is 353 g/mol. The lowest BCUT2D eigenvalue weighted by Gasteiger charge is -2.32. The molecule has 1 heterocycles. The Hall–Kier alpha value is -2.37. The van der Waals surface area contributed by atoms with E-state index in [1.165, 1.54) is 0 Å². The van der Waals surface area contributed by atoms with Gasteiger partial charge in [-0.15, -0.1) is 0 Å². The highest BCUT2D eigenvalue weighted by molar-refractivity contribution is 6.05. The topological polar surface area (TPSA) is 47.0 Å². The molecular formula is C21H27N3O2. The number of carbonyl (C=O) groups excluding carboxylic acids is 1. The van der Waals surface area contributed by atoms with Gasteiger partial charge >= 0.3 is 0 Å². The molecule has 1 aliphatic rings. The molecule has 0 bridgehead atoms. The quantitative estimate of drug-likeness (QED) is 0.918. The van der Waals surface area contributed by atoms with Gasteiger partial charge in [-0.05, 0) is 43.3 Å². The van der Waals surface area contributed by atoms with Gasteiger partial charge in [-0.1, -0.05) is 18.2 Å². The molecule has 2 aromatic carbocycles. The summed E-state index contributed by atoms with van der Waals surface area (Å²) in [6, 6.07) is 13.1. The van der Waals surface area contributed by atoms with Crippen LogP contribution in [0.2, 0.25) is 0 Å². The zero-order valence-corrected chi connectivity index (χ0v) is 15.8. The van der Waals surface area contributed by atoms with Gasteiger partial charge in [0.2, 0.25) is 0 Å². The van der Waals surface area contributed by atoms with Crippen molar-refractivity contribution < 1.29 is 9.90 Å². The van der Waals surface area contributed by atoms with Crippen LogP contribution in [0, 0.1) is 6.92 Å². The number of carbonyl (C=O) groups is 1. The molecule has 0 unspecified atom stereocenters. The molecule has 0 saturated carbocycles. The lowest BCUT2D eigenvalue weighted by atomic mass is 10.1. The number of nitrogens with zero attached hydrogens (tertiary/aromatic N) is 3. The third kappa shape index (κ3) is 4.23. The Bertz CT molecular complexity index is 783. The van der Waals surface area contributed by atoms with Crippen molar-refractivity contribution in [2.24, 2.45) is 0 Å². The summed E-state index contributed by atoms with van der Waals surface area (Å²) in [7, 11) is 3.88. The molecule has 1 saturated heterocycles. The predicted molar refractivity (Wildman–Crippen MR) is 105 cm³/mol. The van der Waals surface area contributed by atoms with Crippen LogP contribution in [0.4, 0.5) is 5.69 Å². The van der Waals surface area contributed by atoms with Crippen LogP contribution in [0.15, 0.2) is 42.5 Å². The van der Waals surface area contributed by atoms with Gasteiger partial charge in [0.15, 0.2) is 0 Å². The van der Waals surface area contributed by atoms with E-state index in [0.717, 1.165) is 43.9 Å². The largest absolute Gasteiger partial charge is 0.508 e. The normalized spacial score (nSPS) is 15.8. The Morgan fingerprint density at radius 1 is 1.12 bits per heavy atom. The van der Waals surface area contributed by atoms with Gasteiger partial charge in [-0.25, -0.2) is 0 Å². The van der Waals surface area contributed by atoms with E-state index in [2.05, 4.69) is 22.9 Å². The zero-order valence-electron chi connectivity index (χ0n) is 15.8. The Kier molecular flexibility index (Phi) is 5.59. The summed E-state index contributed by atoms with van der Waals surface area (Å²) >= 11 is 0. The number of phenols is 1. The van der Waals surface area contributed by atoms with Crippen LogP contribution in [-0.2, 0) is 6.54 Å². The summed E-state index contributed by atoms with van der Waals surface area (Å²) < 4.78 is 0. The highest BCUT2D eigenvalue weighted by Gasteiger charge is 2.17. The summed E-state index contributed by atoms with van der Waals surface area (Å²) in [5.41, 5.74) is 3.30. The number of aromatic hydroxyl groups is 1. The minimum atomic E-state index is -0.0755. The molecular weight excluding hydrogens is 326 g/mol. The first-order valence-corrected chi connectivity index (χ1v) is 9.01. The van der Waals surface area contributed by atoms with Crippen molar-refractivity contribution in [3.63, 3.8) is 0 Å². The first-order chi connectivity index (χ1) is 12.4. The maximum Gasteiger partial charge on any atom is 0.258 e. The fourth-order valence-corrected chi connectivity index (χ4v) is 3.18. The van der Waals surface area contributed by atoms with Crippen molar-refractivity contribution in [2.45, 2.75) is 13.5 Å². The average molecular weight is 353 g/mol. The van der Waals surface area contributed by atoms with Crippen LogP contribution in [0.1, 0.15) is 21.5 Å². The van der Waals surface area contributed by atoms with E-state index in [0.29, 0.717) is 11.3 Å². The molecule has 0 spiro atoms. The molecule has 0 radical (unpaired) electrons. The van der Waals surface area contributed by atoms with Crippen molar-refractivity contribution >= 4 is 11.6 Å². The molecule has 5 nitrogen and oxygen atoms in total. The number of hydrogen-bond acceptors (Lipinski definition) is 4. The van der Waals surface area contributed by atoms with Gasteiger partial charge in [0.25, 0.3) is 5.91 Å². The van der Waals surface area contributed by atoms with Gasteiger partial charge in [0.1, 0.15) is 5.75 Å². The summed E-state index contributed by atoms with van der Waals surface area (Å²) in [5.74, 6) is 0.124. The van der Waals surface area contributed by atoms with Gasteiger partial charge in [-0.3, -0.25) is 9.69 Å². The molecule has 1 aliphatic heterocycles. The SMILES string of the molecule is Cc1ccc(N(C)C(=O)c2cccc(CN3CCN(C)CC3)c2)cc1O. The molecule has 1 amide bonds. The standard InChI is InChI=1S/C21H27N3O2/c1-16-7-8-19(14-20(16)25)23(3)21(26)18-6-4-5-17(13-18)15-24-11-9-22(2)10-12-24/h4-8,13-14,25H,9-12,15H2,1-3H3. The Morgan fingerprint density at radius 3 is 2.54 bits per heavy atom. The van der Waals surface area contributed by atoms with Gasteiger partial charge in [-0.2, -0.15) is 0 Å². The second kappa shape index (κ2) is 7.89. The molecule has 0 aliphatic carbocycles. The van der Waals surface area contributed by atoms with Crippen LogP contribution in [-0.4, -0.2) is 61.1 Å². The molecule has 1 N–H and O–H groups in total. The van der Waals surface area contributed by atoms with E-state index in [1.54, 1.807) is 18.0 Å². The second-order valence-corrected chi connectivity index (χ2v) is 7.11. The summed E-state index contributed by atoms with van der Waals surface area (Å²) in [5, 5.41) is 9.90. The van der Waals surface area contributed by atoms with E-state index >= 15 is 0 Å². The molecule has 0 atom stereocenters. The predicted octanol–water partition coefficient (Wildman–Crippen LogP) is 2.72.